The summed E-state index contributed by atoms with van der Waals surface area (Å²) in [6.07, 6.45) is 8.29. The predicted octanol–water partition coefficient (Wildman–Crippen LogP) is 4.10. The highest BCUT2D eigenvalue weighted by Crippen LogP contribution is 2.55. The molecular weight excluding hydrogens is 258 g/mol. The van der Waals surface area contributed by atoms with Gasteiger partial charge in [0, 0.05) is 12.6 Å². The SMILES string of the molecule is C=CCN(C)[C@H]1Cc2ccc(O)cc2C2CCCC[C@@]21C. The van der Waals surface area contributed by atoms with Crippen LogP contribution in [0.4, 0.5) is 0 Å². The highest BCUT2D eigenvalue weighted by molar-refractivity contribution is 5.42. The van der Waals surface area contributed by atoms with Gasteiger partial charge in [-0.15, -0.1) is 6.58 Å². The molecular formula is C19H27NO. The number of hydrogen-bond acceptors (Lipinski definition) is 2. The molecule has 2 nitrogen and oxygen atoms in total. The van der Waals surface area contributed by atoms with Crippen molar-refractivity contribution in [2.24, 2.45) is 5.41 Å². The Labute approximate surface area is 128 Å². The maximum atomic E-state index is 9.90. The summed E-state index contributed by atoms with van der Waals surface area (Å²) in [5.41, 5.74) is 3.15. The lowest BCUT2D eigenvalue weighted by atomic mass is 9.56. The lowest BCUT2D eigenvalue weighted by Gasteiger charge is -2.54. The first-order chi connectivity index (χ1) is 10.1. The molecule has 2 aliphatic rings. The minimum absolute atomic E-state index is 0.316. The number of phenolic OH excluding ortho intramolecular Hbond substituents is 1. The molecule has 0 saturated heterocycles. The molecule has 21 heavy (non-hydrogen) atoms. The first kappa shape index (κ1) is 14.6. The van der Waals surface area contributed by atoms with Crippen LogP contribution in [0.5, 0.6) is 5.75 Å². The van der Waals surface area contributed by atoms with E-state index < -0.39 is 0 Å². The molecule has 0 heterocycles. The Balaban J connectivity index is 2.04. The monoisotopic (exact) mass is 285 g/mol. The molecule has 2 aliphatic carbocycles. The largest absolute Gasteiger partial charge is 0.508 e. The summed E-state index contributed by atoms with van der Waals surface area (Å²) < 4.78 is 0. The summed E-state index contributed by atoms with van der Waals surface area (Å²) in [5.74, 6) is 0.999. The van der Waals surface area contributed by atoms with E-state index in [0.717, 1.165) is 13.0 Å². The number of nitrogens with zero attached hydrogens (tertiary/aromatic N) is 1. The van der Waals surface area contributed by atoms with Crippen LogP contribution in [0, 0.1) is 5.41 Å². The average Bonchev–Trinajstić information content (AvgIpc) is 2.46. The van der Waals surface area contributed by atoms with Crippen LogP contribution in [-0.2, 0) is 6.42 Å². The van der Waals surface area contributed by atoms with Gasteiger partial charge in [0.2, 0.25) is 0 Å². The number of rotatable bonds is 3. The van der Waals surface area contributed by atoms with Gasteiger partial charge in [-0.1, -0.05) is 31.9 Å². The fourth-order valence-corrected chi connectivity index (χ4v) is 4.79. The topological polar surface area (TPSA) is 23.5 Å². The van der Waals surface area contributed by atoms with Crippen LogP contribution in [-0.4, -0.2) is 29.6 Å². The second kappa shape index (κ2) is 5.49. The van der Waals surface area contributed by atoms with E-state index in [1.165, 1.54) is 36.8 Å². The van der Waals surface area contributed by atoms with Crippen molar-refractivity contribution in [1.29, 1.82) is 0 Å². The number of phenols is 1. The summed E-state index contributed by atoms with van der Waals surface area (Å²) in [6, 6.07) is 6.56. The van der Waals surface area contributed by atoms with E-state index in [1.54, 1.807) is 0 Å². The van der Waals surface area contributed by atoms with Crippen molar-refractivity contribution in [1.82, 2.24) is 4.90 Å². The van der Waals surface area contributed by atoms with E-state index in [2.05, 4.69) is 31.5 Å². The maximum absolute atomic E-state index is 9.90. The second-order valence-corrected chi connectivity index (χ2v) is 7.14. The maximum Gasteiger partial charge on any atom is 0.115 e. The Hall–Kier alpha value is -1.28. The number of aromatic hydroxyl groups is 1. The van der Waals surface area contributed by atoms with Crippen molar-refractivity contribution >= 4 is 0 Å². The van der Waals surface area contributed by atoms with Crippen molar-refractivity contribution in [3.63, 3.8) is 0 Å². The first-order valence-electron chi connectivity index (χ1n) is 8.19. The minimum atomic E-state index is 0.316. The van der Waals surface area contributed by atoms with Gasteiger partial charge < -0.3 is 5.11 Å². The molecule has 1 unspecified atom stereocenters. The molecule has 1 aromatic rings. The fourth-order valence-electron chi connectivity index (χ4n) is 4.79. The second-order valence-electron chi connectivity index (χ2n) is 7.14. The van der Waals surface area contributed by atoms with Gasteiger partial charge in [-0.3, -0.25) is 4.90 Å². The van der Waals surface area contributed by atoms with E-state index >= 15 is 0 Å². The van der Waals surface area contributed by atoms with Crippen molar-refractivity contribution < 1.29 is 5.11 Å². The molecule has 0 aliphatic heterocycles. The van der Waals surface area contributed by atoms with Gasteiger partial charge in [0.25, 0.3) is 0 Å². The zero-order valence-electron chi connectivity index (χ0n) is 13.3. The van der Waals surface area contributed by atoms with Crippen LogP contribution in [0.25, 0.3) is 0 Å². The van der Waals surface area contributed by atoms with E-state index in [1.807, 2.05) is 18.2 Å². The number of benzene rings is 1. The Bertz CT molecular complexity index is 538. The van der Waals surface area contributed by atoms with Gasteiger partial charge >= 0.3 is 0 Å². The van der Waals surface area contributed by atoms with Gasteiger partial charge in [-0.2, -0.15) is 0 Å². The smallest absolute Gasteiger partial charge is 0.115 e. The Morgan fingerprint density at radius 1 is 1.43 bits per heavy atom. The molecule has 1 fully saturated rings. The van der Waals surface area contributed by atoms with Gasteiger partial charge in [0.1, 0.15) is 5.75 Å². The molecule has 0 bridgehead atoms. The molecule has 3 rings (SSSR count). The average molecular weight is 285 g/mol. The molecule has 0 spiro atoms. The van der Waals surface area contributed by atoms with E-state index in [0.29, 0.717) is 23.1 Å². The third-order valence-corrected chi connectivity index (χ3v) is 5.88. The minimum Gasteiger partial charge on any atom is -0.508 e. The van der Waals surface area contributed by atoms with Crippen molar-refractivity contribution in [3.05, 3.63) is 42.0 Å². The summed E-state index contributed by atoms with van der Waals surface area (Å²) >= 11 is 0. The molecule has 3 atom stereocenters. The third kappa shape index (κ3) is 2.40. The molecule has 2 heteroatoms. The van der Waals surface area contributed by atoms with Crippen LogP contribution in [0.1, 0.15) is 49.7 Å². The molecule has 1 N–H and O–H groups in total. The Kier molecular flexibility index (Phi) is 3.83. The van der Waals surface area contributed by atoms with Crippen LogP contribution in [0.3, 0.4) is 0 Å². The Morgan fingerprint density at radius 2 is 2.24 bits per heavy atom. The van der Waals surface area contributed by atoms with Crippen molar-refractivity contribution in [2.45, 2.75) is 51.0 Å². The number of fused-ring (bicyclic) bond motifs is 3. The van der Waals surface area contributed by atoms with Crippen LogP contribution in [0.15, 0.2) is 30.9 Å². The third-order valence-electron chi connectivity index (χ3n) is 5.88. The highest BCUT2D eigenvalue weighted by atomic mass is 16.3. The van der Waals surface area contributed by atoms with Crippen molar-refractivity contribution in [3.8, 4) is 5.75 Å². The van der Waals surface area contributed by atoms with E-state index in [9.17, 15) is 5.11 Å². The van der Waals surface area contributed by atoms with Gasteiger partial charge in [0.05, 0.1) is 0 Å². The highest BCUT2D eigenvalue weighted by Gasteiger charge is 2.48. The molecule has 1 aromatic carbocycles. The van der Waals surface area contributed by atoms with Crippen LogP contribution >= 0.6 is 0 Å². The fraction of sp³-hybridized carbons (Fsp3) is 0.579. The molecule has 0 aromatic heterocycles. The van der Waals surface area contributed by atoms with Crippen molar-refractivity contribution in [2.75, 3.05) is 13.6 Å². The molecule has 1 saturated carbocycles. The zero-order valence-corrected chi connectivity index (χ0v) is 13.3. The lowest BCUT2D eigenvalue weighted by Crippen LogP contribution is -2.53. The first-order valence-corrected chi connectivity index (χ1v) is 8.19. The molecule has 114 valence electrons. The predicted molar refractivity (Wildman–Crippen MR) is 87.7 cm³/mol. The van der Waals surface area contributed by atoms with Gasteiger partial charge in [-0.25, -0.2) is 0 Å². The molecule has 0 radical (unpaired) electrons. The number of hydrogen-bond donors (Lipinski definition) is 1. The standard InChI is InChI=1S/C19H27NO/c1-4-11-20(3)18-12-14-8-9-15(21)13-16(14)17-7-5-6-10-19(17,18)2/h4,8-9,13,17-18,21H,1,5-7,10-12H2,2-3H3/t17?,18-,19-/m0/s1. The zero-order chi connectivity index (χ0) is 15.0. The normalized spacial score (nSPS) is 31.6. The number of likely N-dealkylation sites (N-methyl/N-ethyl adjacent to an activating group) is 1. The summed E-state index contributed by atoms with van der Waals surface area (Å²) in [7, 11) is 2.23. The van der Waals surface area contributed by atoms with Crippen LogP contribution in [0.2, 0.25) is 0 Å². The van der Waals surface area contributed by atoms with E-state index in [-0.39, 0.29) is 0 Å². The van der Waals surface area contributed by atoms with Gasteiger partial charge in [-0.05, 0) is 60.9 Å². The van der Waals surface area contributed by atoms with Crippen LogP contribution < -0.4 is 0 Å². The van der Waals surface area contributed by atoms with Gasteiger partial charge in [0.15, 0.2) is 0 Å². The summed E-state index contributed by atoms with van der Waals surface area (Å²) in [6.45, 7) is 7.31. The lowest BCUT2D eigenvalue weighted by molar-refractivity contribution is 0.0354. The quantitative estimate of drug-likeness (QED) is 0.845. The molecule has 0 amide bonds. The van der Waals surface area contributed by atoms with E-state index in [4.69, 9.17) is 0 Å². The summed E-state index contributed by atoms with van der Waals surface area (Å²) in [4.78, 5) is 2.47. The Morgan fingerprint density at radius 3 is 3.00 bits per heavy atom. The summed E-state index contributed by atoms with van der Waals surface area (Å²) in [5, 5.41) is 9.90.